The van der Waals surface area contributed by atoms with E-state index >= 15 is 0 Å². The first kappa shape index (κ1) is 14.5. The minimum Gasteiger partial charge on any atom is -0.489 e. The molecule has 3 N–H and O–H groups in total. The molecule has 122 valence electrons. The fourth-order valence-electron chi connectivity index (χ4n) is 2.76. The van der Waals surface area contributed by atoms with Gasteiger partial charge in [0.05, 0.1) is 28.9 Å². The molecule has 7 heteroatoms. The van der Waals surface area contributed by atoms with Crippen LogP contribution in [0.4, 0.5) is 11.5 Å². The molecular formula is C17H18N6O. The van der Waals surface area contributed by atoms with Crippen molar-refractivity contribution in [1.82, 2.24) is 25.1 Å². The largest absolute Gasteiger partial charge is 0.489 e. The molecule has 0 fully saturated rings. The summed E-state index contributed by atoms with van der Waals surface area (Å²) in [7, 11) is 0. The van der Waals surface area contributed by atoms with Gasteiger partial charge in [0.15, 0.2) is 0 Å². The molecule has 0 bridgehead atoms. The molecule has 0 radical (unpaired) electrons. The second kappa shape index (κ2) is 5.52. The van der Waals surface area contributed by atoms with Crippen molar-refractivity contribution in [3.8, 4) is 5.75 Å². The van der Waals surface area contributed by atoms with Crippen molar-refractivity contribution < 1.29 is 4.74 Å². The molecule has 0 spiro atoms. The number of aromatic amines is 2. The maximum Gasteiger partial charge on any atom is 0.145 e. The van der Waals surface area contributed by atoms with E-state index in [0.29, 0.717) is 0 Å². The van der Waals surface area contributed by atoms with Crippen molar-refractivity contribution in [2.24, 2.45) is 0 Å². The first-order valence-corrected chi connectivity index (χ1v) is 7.81. The Bertz CT molecular complexity index is 1020. The highest BCUT2D eigenvalue weighted by molar-refractivity contribution is 5.94. The van der Waals surface area contributed by atoms with Crippen LogP contribution in [0.15, 0.2) is 30.9 Å². The number of H-pyrrole nitrogens is 2. The summed E-state index contributed by atoms with van der Waals surface area (Å²) < 4.78 is 5.96. The number of hydrogen-bond acceptors (Lipinski definition) is 5. The third-order valence-electron chi connectivity index (χ3n) is 3.82. The van der Waals surface area contributed by atoms with E-state index in [0.717, 1.165) is 44.8 Å². The minimum absolute atomic E-state index is 0.0605. The maximum absolute atomic E-state index is 5.96. The normalized spacial score (nSPS) is 11.5. The molecule has 0 atom stereocenters. The highest BCUT2D eigenvalue weighted by Gasteiger charge is 2.13. The number of nitrogens with one attached hydrogen (secondary N) is 3. The predicted octanol–water partition coefficient (Wildman–Crippen LogP) is 3.67. The second-order valence-corrected chi connectivity index (χ2v) is 6.01. The van der Waals surface area contributed by atoms with Gasteiger partial charge in [-0.05, 0) is 32.4 Å². The van der Waals surface area contributed by atoms with Crippen LogP contribution in [0.25, 0.3) is 21.9 Å². The zero-order valence-electron chi connectivity index (χ0n) is 13.7. The van der Waals surface area contributed by atoms with Crippen LogP contribution in [0.3, 0.4) is 0 Å². The molecule has 3 aromatic heterocycles. The molecule has 7 nitrogen and oxygen atoms in total. The van der Waals surface area contributed by atoms with Crippen LogP contribution >= 0.6 is 0 Å². The smallest absolute Gasteiger partial charge is 0.145 e. The lowest BCUT2D eigenvalue weighted by molar-refractivity contribution is 0.244. The third kappa shape index (κ3) is 2.44. The van der Waals surface area contributed by atoms with Gasteiger partial charge in [-0.15, -0.1) is 0 Å². The van der Waals surface area contributed by atoms with Crippen LogP contribution in [0.2, 0.25) is 0 Å². The zero-order valence-corrected chi connectivity index (χ0v) is 13.7. The van der Waals surface area contributed by atoms with E-state index < -0.39 is 0 Å². The van der Waals surface area contributed by atoms with E-state index in [1.165, 1.54) is 0 Å². The lowest BCUT2D eigenvalue weighted by Gasteiger charge is -2.16. The van der Waals surface area contributed by atoms with Gasteiger partial charge in [0, 0.05) is 17.6 Å². The van der Waals surface area contributed by atoms with Crippen LogP contribution in [-0.4, -0.2) is 31.3 Å². The number of hydrogen-bond donors (Lipinski definition) is 3. The van der Waals surface area contributed by atoms with Gasteiger partial charge in [0.1, 0.15) is 23.5 Å². The minimum atomic E-state index is 0.0605. The van der Waals surface area contributed by atoms with E-state index in [9.17, 15) is 0 Å². The van der Waals surface area contributed by atoms with Crippen molar-refractivity contribution in [2.75, 3.05) is 5.32 Å². The molecule has 4 aromatic rings. The van der Waals surface area contributed by atoms with Crippen LogP contribution < -0.4 is 10.1 Å². The van der Waals surface area contributed by atoms with Crippen molar-refractivity contribution in [3.63, 3.8) is 0 Å². The molecule has 0 unspecified atom stereocenters. The second-order valence-electron chi connectivity index (χ2n) is 6.01. The van der Waals surface area contributed by atoms with Gasteiger partial charge in [-0.2, -0.15) is 5.10 Å². The van der Waals surface area contributed by atoms with Crippen LogP contribution in [0.5, 0.6) is 5.75 Å². The highest BCUT2D eigenvalue weighted by atomic mass is 16.5. The summed E-state index contributed by atoms with van der Waals surface area (Å²) in [6.45, 7) is 6.03. The molecule has 4 rings (SSSR count). The summed E-state index contributed by atoms with van der Waals surface area (Å²) in [5, 5.41) is 12.4. The van der Waals surface area contributed by atoms with Gasteiger partial charge < -0.3 is 15.0 Å². The van der Waals surface area contributed by atoms with Crippen LogP contribution in [-0.2, 0) is 0 Å². The number of aryl methyl sites for hydroxylation is 1. The molecule has 0 saturated carbocycles. The molecule has 0 aliphatic rings. The molecule has 0 aliphatic heterocycles. The van der Waals surface area contributed by atoms with E-state index in [-0.39, 0.29) is 6.10 Å². The average molecular weight is 322 g/mol. The van der Waals surface area contributed by atoms with Gasteiger partial charge in [0.25, 0.3) is 0 Å². The first-order valence-electron chi connectivity index (χ1n) is 7.81. The van der Waals surface area contributed by atoms with Crippen molar-refractivity contribution in [3.05, 3.63) is 36.4 Å². The number of fused-ring (bicyclic) bond motifs is 2. The summed E-state index contributed by atoms with van der Waals surface area (Å²) in [6.07, 6.45) is 5.32. The van der Waals surface area contributed by atoms with Crippen LogP contribution in [0.1, 0.15) is 19.4 Å². The van der Waals surface area contributed by atoms with Crippen molar-refractivity contribution in [1.29, 1.82) is 0 Å². The molecular weight excluding hydrogens is 304 g/mol. The number of benzene rings is 1. The number of ether oxygens (including phenoxy) is 1. The van der Waals surface area contributed by atoms with Gasteiger partial charge in [0.2, 0.25) is 0 Å². The fourth-order valence-corrected chi connectivity index (χ4v) is 2.76. The zero-order chi connectivity index (χ0) is 16.7. The third-order valence-corrected chi connectivity index (χ3v) is 3.82. The van der Waals surface area contributed by atoms with Gasteiger partial charge in [-0.25, -0.2) is 9.97 Å². The average Bonchev–Trinajstić information content (AvgIpc) is 3.14. The molecule has 3 heterocycles. The number of anilines is 2. The monoisotopic (exact) mass is 322 g/mol. The van der Waals surface area contributed by atoms with Crippen molar-refractivity contribution >= 4 is 33.4 Å². The molecule has 24 heavy (non-hydrogen) atoms. The van der Waals surface area contributed by atoms with E-state index in [2.05, 4.69) is 30.5 Å². The maximum atomic E-state index is 5.96. The van der Waals surface area contributed by atoms with E-state index in [1.807, 2.05) is 39.1 Å². The number of rotatable bonds is 4. The number of aromatic nitrogens is 5. The Morgan fingerprint density at radius 2 is 2.08 bits per heavy atom. The van der Waals surface area contributed by atoms with Gasteiger partial charge in [-0.1, -0.05) is 0 Å². The summed E-state index contributed by atoms with van der Waals surface area (Å²) in [5.74, 6) is 1.50. The summed E-state index contributed by atoms with van der Waals surface area (Å²) in [4.78, 5) is 11.8. The predicted molar refractivity (Wildman–Crippen MR) is 93.8 cm³/mol. The fraction of sp³-hybridized carbons (Fsp3) is 0.235. The van der Waals surface area contributed by atoms with Crippen LogP contribution in [0, 0.1) is 6.92 Å². The standard InChI is InChI=1S/C17H18N6O/c1-9(2)24-14-5-12-11(7-21-23-12)4-13(14)22-17-15-10(3)6-18-16(15)19-8-20-17/h4-9H,1-3H3,(H,21,23)(H2,18,19,20,22). The Morgan fingerprint density at radius 1 is 1.21 bits per heavy atom. The van der Waals surface area contributed by atoms with Crippen molar-refractivity contribution in [2.45, 2.75) is 26.9 Å². The lowest BCUT2D eigenvalue weighted by Crippen LogP contribution is -2.08. The Labute approximate surface area is 138 Å². The Morgan fingerprint density at radius 3 is 2.92 bits per heavy atom. The molecule has 1 aromatic carbocycles. The topological polar surface area (TPSA) is 91.5 Å². The Kier molecular flexibility index (Phi) is 3.34. The quantitative estimate of drug-likeness (QED) is 0.533. The van der Waals surface area contributed by atoms with E-state index in [1.54, 1.807) is 12.5 Å². The molecule has 0 aliphatic carbocycles. The number of nitrogens with zero attached hydrogens (tertiary/aromatic N) is 3. The Hall–Kier alpha value is -3.09. The van der Waals surface area contributed by atoms with E-state index in [4.69, 9.17) is 4.74 Å². The summed E-state index contributed by atoms with van der Waals surface area (Å²) in [5.41, 5.74) is 3.67. The lowest BCUT2D eigenvalue weighted by atomic mass is 10.2. The van der Waals surface area contributed by atoms with Gasteiger partial charge in [-0.3, -0.25) is 5.10 Å². The first-order chi connectivity index (χ1) is 11.6. The molecule has 0 amide bonds. The Balaban J connectivity index is 1.84. The summed E-state index contributed by atoms with van der Waals surface area (Å²) >= 11 is 0. The van der Waals surface area contributed by atoms with Gasteiger partial charge >= 0.3 is 0 Å². The molecule has 0 saturated heterocycles. The SMILES string of the molecule is Cc1c[nH]c2ncnc(Nc3cc4cn[nH]c4cc3OC(C)C)c12. The highest BCUT2D eigenvalue weighted by Crippen LogP contribution is 2.34. The summed E-state index contributed by atoms with van der Waals surface area (Å²) in [6, 6.07) is 3.96.